The van der Waals surface area contributed by atoms with Crippen LogP contribution >= 0.6 is 23.2 Å². The van der Waals surface area contributed by atoms with Crippen LogP contribution in [0.15, 0.2) is 42.5 Å². The minimum absolute atomic E-state index is 0.110. The highest BCUT2D eigenvalue weighted by atomic mass is 35.5. The third-order valence-corrected chi connectivity index (χ3v) is 3.51. The smallest absolute Gasteiger partial charge is 0.387 e. The molecule has 0 fully saturated rings. The highest BCUT2D eigenvalue weighted by Crippen LogP contribution is 2.28. The maximum Gasteiger partial charge on any atom is 0.387 e. The van der Waals surface area contributed by atoms with Crippen LogP contribution in [0.3, 0.4) is 0 Å². The molecule has 2 rings (SSSR count). The van der Waals surface area contributed by atoms with Gasteiger partial charge >= 0.3 is 12.6 Å². The summed E-state index contributed by atoms with van der Waals surface area (Å²) in [6, 6.07) is 10.1. The predicted octanol–water partition coefficient (Wildman–Crippen LogP) is 4.16. The largest absolute Gasteiger partial charge is 0.482 e. The highest BCUT2D eigenvalue weighted by Gasteiger charge is 2.12. The Morgan fingerprint density at radius 3 is 2.37 bits per heavy atom. The zero-order chi connectivity index (χ0) is 19.8. The number of alkyl halides is 2. The molecule has 0 aromatic heterocycles. The normalized spacial score (nSPS) is 10.4. The van der Waals surface area contributed by atoms with E-state index in [4.69, 9.17) is 32.7 Å². The van der Waals surface area contributed by atoms with Crippen LogP contribution in [-0.2, 0) is 14.3 Å². The van der Waals surface area contributed by atoms with E-state index < -0.39 is 25.1 Å². The Labute approximate surface area is 162 Å². The van der Waals surface area contributed by atoms with Crippen LogP contribution in [0.5, 0.6) is 11.5 Å². The lowest BCUT2D eigenvalue weighted by Gasteiger charge is -2.10. The van der Waals surface area contributed by atoms with Gasteiger partial charge in [0.05, 0.1) is 5.02 Å². The van der Waals surface area contributed by atoms with Gasteiger partial charge in [-0.1, -0.05) is 23.2 Å². The summed E-state index contributed by atoms with van der Waals surface area (Å²) < 4.78 is 38.5. The molecule has 0 heterocycles. The van der Waals surface area contributed by atoms with Gasteiger partial charge < -0.3 is 19.5 Å². The van der Waals surface area contributed by atoms with Gasteiger partial charge in [-0.05, 0) is 42.5 Å². The number of halogens is 4. The average molecular weight is 420 g/mol. The number of hydrogen-bond donors (Lipinski definition) is 1. The molecule has 2 aromatic carbocycles. The summed E-state index contributed by atoms with van der Waals surface area (Å²) in [7, 11) is 0. The van der Waals surface area contributed by atoms with Crippen molar-refractivity contribution < 1.29 is 32.6 Å². The first-order chi connectivity index (χ1) is 12.8. The Morgan fingerprint density at radius 1 is 1.04 bits per heavy atom. The maximum atomic E-state index is 12.2. The summed E-state index contributed by atoms with van der Waals surface area (Å²) in [6.45, 7) is -3.96. The second-order valence-corrected chi connectivity index (χ2v) is 5.82. The van der Waals surface area contributed by atoms with E-state index in [-0.39, 0.29) is 23.1 Å². The molecular formula is C17H13Cl2F2NO5. The first-order valence-electron chi connectivity index (χ1n) is 7.41. The van der Waals surface area contributed by atoms with Crippen molar-refractivity contribution in [1.29, 1.82) is 0 Å². The van der Waals surface area contributed by atoms with Crippen LogP contribution in [0, 0.1) is 0 Å². The maximum absolute atomic E-state index is 12.2. The first-order valence-corrected chi connectivity index (χ1v) is 8.17. The topological polar surface area (TPSA) is 73.9 Å². The minimum Gasteiger partial charge on any atom is -0.482 e. The van der Waals surface area contributed by atoms with Crippen molar-refractivity contribution in [3.63, 3.8) is 0 Å². The van der Waals surface area contributed by atoms with Gasteiger partial charge in [-0.2, -0.15) is 8.78 Å². The number of rotatable bonds is 8. The van der Waals surface area contributed by atoms with Crippen molar-refractivity contribution in [2.75, 3.05) is 18.5 Å². The van der Waals surface area contributed by atoms with E-state index in [1.165, 1.54) is 18.2 Å². The van der Waals surface area contributed by atoms with Crippen LogP contribution < -0.4 is 14.8 Å². The van der Waals surface area contributed by atoms with Crippen molar-refractivity contribution in [2.45, 2.75) is 6.61 Å². The monoisotopic (exact) mass is 419 g/mol. The van der Waals surface area contributed by atoms with Gasteiger partial charge in [0, 0.05) is 10.7 Å². The lowest BCUT2D eigenvalue weighted by atomic mass is 10.3. The molecular weight excluding hydrogens is 407 g/mol. The molecule has 0 saturated heterocycles. The quantitative estimate of drug-likeness (QED) is 0.650. The molecule has 27 heavy (non-hydrogen) atoms. The predicted molar refractivity (Wildman–Crippen MR) is 94.6 cm³/mol. The van der Waals surface area contributed by atoms with Crippen molar-refractivity contribution in [2.24, 2.45) is 0 Å². The Kier molecular flexibility index (Phi) is 7.63. The molecule has 0 atom stereocenters. The van der Waals surface area contributed by atoms with E-state index in [1.807, 2.05) is 0 Å². The number of benzene rings is 2. The molecule has 0 aliphatic heterocycles. The van der Waals surface area contributed by atoms with Crippen molar-refractivity contribution >= 4 is 40.8 Å². The number of amides is 1. The molecule has 0 bridgehead atoms. The number of ether oxygens (including phenoxy) is 3. The zero-order valence-electron chi connectivity index (χ0n) is 13.6. The molecule has 0 radical (unpaired) electrons. The average Bonchev–Trinajstić information content (AvgIpc) is 2.61. The summed E-state index contributed by atoms with van der Waals surface area (Å²) in [5.41, 5.74) is 0.222. The standard InChI is InChI=1S/C17H13Cl2F2NO5/c18-10-1-4-12(5-2-10)25-9-16(24)26-8-15(23)22-11-3-6-14(13(19)7-11)27-17(20)21/h1-7,17H,8-9H2,(H,22,23). The van der Waals surface area contributed by atoms with Crippen molar-refractivity contribution in [1.82, 2.24) is 0 Å². The summed E-state index contributed by atoms with van der Waals surface area (Å²) in [6.07, 6.45) is 0. The van der Waals surface area contributed by atoms with Gasteiger partial charge in [0.2, 0.25) is 0 Å². The van der Waals surface area contributed by atoms with Gasteiger partial charge in [-0.25, -0.2) is 4.79 Å². The SMILES string of the molecule is O=C(COC(=O)COc1ccc(Cl)cc1)Nc1ccc(OC(F)F)c(Cl)c1. The van der Waals surface area contributed by atoms with Crippen LogP contribution in [0.25, 0.3) is 0 Å². The van der Waals surface area contributed by atoms with E-state index in [0.717, 1.165) is 0 Å². The number of anilines is 1. The van der Waals surface area contributed by atoms with E-state index in [9.17, 15) is 18.4 Å². The molecule has 10 heteroatoms. The lowest BCUT2D eigenvalue weighted by Crippen LogP contribution is -2.23. The molecule has 144 valence electrons. The van der Waals surface area contributed by atoms with Crippen LogP contribution in [0.1, 0.15) is 0 Å². The fourth-order valence-electron chi connectivity index (χ4n) is 1.83. The summed E-state index contributed by atoms with van der Waals surface area (Å²) in [5, 5.41) is 2.81. The number of carbonyl (C=O) groups excluding carboxylic acids is 2. The van der Waals surface area contributed by atoms with Gasteiger partial charge in [0.15, 0.2) is 13.2 Å². The highest BCUT2D eigenvalue weighted by molar-refractivity contribution is 6.32. The Balaban J connectivity index is 1.76. The fourth-order valence-corrected chi connectivity index (χ4v) is 2.18. The van der Waals surface area contributed by atoms with Gasteiger partial charge in [-0.3, -0.25) is 4.79 Å². The number of carbonyl (C=O) groups is 2. The van der Waals surface area contributed by atoms with Crippen molar-refractivity contribution in [3.8, 4) is 11.5 Å². The van der Waals surface area contributed by atoms with Crippen LogP contribution in [-0.4, -0.2) is 31.7 Å². The molecule has 1 N–H and O–H groups in total. The number of hydrogen-bond acceptors (Lipinski definition) is 5. The molecule has 0 spiro atoms. The second-order valence-electron chi connectivity index (χ2n) is 4.98. The molecule has 0 saturated carbocycles. The molecule has 1 amide bonds. The third kappa shape index (κ3) is 7.28. The Morgan fingerprint density at radius 2 is 1.74 bits per heavy atom. The van der Waals surface area contributed by atoms with E-state index >= 15 is 0 Å². The van der Waals surface area contributed by atoms with Gasteiger partial charge in [-0.15, -0.1) is 0 Å². The Bertz CT molecular complexity index is 802. The van der Waals surface area contributed by atoms with Crippen LogP contribution in [0.4, 0.5) is 14.5 Å². The molecule has 6 nitrogen and oxygen atoms in total. The molecule has 0 unspecified atom stereocenters. The van der Waals surface area contributed by atoms with Gasteiger partial charge in [0.25, 0.3) is 5.91 Å². The molecule has 0 aliphatic rings. The summed E-state index contributed by atoms with van der Waals surface area (Å²) in [4.78, 5) is 23.3. The lowest BCUT2D eigenvalue weighted by molar-refractivity contribution is -0.149. The fraction of sp³-hybridized carbons (Fsp3) is 0.176. The third-order valence-electron chi connectivity index (χ3n) is 2.97. The number of esters is 1. The van der Waals surface area contributed by atoms with E-state index in [2.05, 4.69) is 10.1 Å². The van der Waals surface area contributed by atoms with E-state index in [0.29, 0.717) is 10.8 Å². The molecule has 0 aliphatic carbocycles. The van der Waals surface area contributed by atoms with Gasteiger partial charge in [0.1, 0.15) is 11.5 Å². The van der Waals surface area contributed by atoms with Crippen molar-refractivity contribution in [3.05, 3.63) is 52.5 Å². The minimum atomic E-state index is -3.02. The first kappa shape index (κ1) is 20.7. The Hall–Kier alpha value is -2.58. The van der Waals surface area contributed by atoms with Crippen LogP contribution in [0.2, 0.25) is 10.0 Å². The zero-order valence-corrected chi connectivity index (χ0v) is 15.1. The van der Waals surface area contributed by atoms with E-state index in [1.54, 1.807) is 24.3 Å². The summed E-state index contributed by atoms with van der Waals surface area (Å²) >= 11 is 11.5. The summed E-state index contributed by atoms with van der Waals surface area (Å²) in [5.74, 6) is -1.20. The molecule has 2 aromatic rings. The second kappa shape index (κ2) is 9.94. The number of nitrogens with one attached hydrogen (secondary N) is 1.